The Morgan fingerprint density at radius 2 is 2.50 bits per heavy atom. The second-order valence-corrected chi connectivity index (χ2v) is 4.17. The zero-order chi connectivity index (χ0) is 10.7. The normalized spacial score (nSPS) is 27.2. The molecule has 0 bridgehead atoms. The van der Waals surface area contributed by atoms with Gasteiger partial charge in [0.25, 0.3) is 5.91 Å². The summed E-state index contributed by atoms with van der Waals surface area (Å²) in [5.41, 5.74) is 0.297. The Bertz CT molecular complexity index is 288. The topological polar surface area (TPSA) is 62.7 Å². The Labute approximate surface area is 101 Å². The number of rotatable bonds is 3. The summed E-state index contributed by atoms with van der Waals surface area (Å²) in [6, 6.07) is 0. The number of halogens is 1. The molecule has 2 N–H and O–H groups in total. The van der Waals surface area contributed by atoms with Crippen molar-refractivity contribution >= 4 is 24.0 Å². The molecule has 0 aromatic carbocycles. The molecule has 1 unspecified atom stereocenters. The molecule has 5 nitrogen and oxygen atoms in total. The quantitative estimate of drug-likeness (QED) is 0.761. The molecule has 1 fully saturated rings. The Morgan fingerprint density at radius 1 is 1.69 bits per heavy atom. The highest BCUT2D eigenvalue weighted by Gasteiger charge is 2.43. The maximum atomic E-state index is 11.6. The van der Waals surface area contributed by atoms with Crippen molar-refractivity contribution < 1.29 is 9.63 Å². The molecule has 16 heavy (non-hydrogen) atoms. The van der Waals surface area contributed by atoms with Crippen molar-refractivity contribution in [2.75, 3.05) is 19.6 Å². The highest BCUT2D eigenvalue weighted by Crippen LogP contribution is 2.29. The first-order valence-corrected chi connectivity index (χ1v) is 5.50. The van der Waals surface area contributed by atoms with Crippen LogP contribution >= 0.6 is 12.4 Å². The van der Waals surface area contributed by atoms with E-state index in [2.05, 4.69) is 15.8 Å². The van der Waals surface area contributed by atoms with E-state index in [4.69, 9.17) is 4.84 Å². The molecule has 1 amide bonds. The summed E-state index contributed by atoms with van der Waals surface area (Å²) in [5, 5.41) is 9.93. The number of amides is 1. The Balaban J connectivity index is 0.00000128. The van der Waals surface area contributed by atoms with Crippen molar-refractivity contribution in [3.8, 4) is 0 Å². The lowest BCUT2D eigenvalue weighted by atomic mass is 9.96. The molecular formula is C10H18ClN3O2. The van der Waals surface area contributed by atoms with Crippen LogP contribution in [-0.2, 0) is 9.63 Å². The lowest BCUT2D eigenvalue weighted by Crippen LogP contribution is -2.36. The van der Waals surface area contributed by atoms with Gasteiger partial charge in [-0.05, 0) is 13.0 Å². The average molecular weight is 248 g/mol. The molecule has 1 spiro atoms. The second-order valence-electron chi connectivity index (χ2n) is 4.17. The van der Waals surface area contributed by atoms with Crippen LogP contribution in [-0.4, -0.2) is 36.9 Å². The summed E-state index contributed by atoms with van der Waals surface area (Å²) in [5.74, 6) is -0.0828. The fraction of sp³-hybridized carbons (Fsp3) is 0.800. The minimum atomic E-state index is -0.237. The summed E-state index contributed by atoms with van der Waals surface area (Å²) in [7, 11) is 0. The number of oxime groups is 1. The Kier molecular flexibility index (Phi) is 4.56. The molecule has 2 heterocycles. The molecule has 92 valence electrons. The van der Waals surface area contributed by atoms with Gasteiger partial charge in [0.1, 0.15) is 5.71 Å². The number of hydrogen-bond donors (Lipinski definition) is 2. The van der Waals surface area contributed by atoms with E-state index in [0.717, 1.165) is 25.9 Å². The van der Waals surface area contributed by atoms with Gasteiger partial charge >= 0.3 is 0 Å². The van der Waals surface area contributed by atoms with E-state index in [1.807, 2.05) is 6.92 Å². The van der Waals surface area contributed by atoms with Crippen LogP contribution < -0.4 is 10.6 Å². The zero-order valence-electron chi connectivity index (χ0n) is 9.41. The van der Waals surface area contributed by atoms with Gasteiger partial charge in [-0.25, -0.2) is 0 Å². The fourth-order valence-electron chi connectivity index (χ4n) is 1.93. The van der Waals surface area contributed by atoms with Gasteiger partial charge in [0, 0.05) is 25.9 Å². The van der Waals surface area contributed by atoms with Gasteiger partial charge in [0.2, 0.25) is 0 Å². The monoisotopic (exact) mass is 247 g/mol. The third-order valence-corrected chi connectivity index (χ3v) is 2.84. The number of carbonyl (C=O) groups excluding carboxylic acids is 1. The maximum Gasteiger partial charge on any atom is 0.269 e. The molecule has 0 saturated carbocycles. The summed E-state index contributed by atoms with van der Waals surface area (Å²) >= 11 is 0. The van der Waals surface area contributed by atoms with Crippen LogP contribution in [0.25, 0.3) is 0 Å². The van der Waals surface area contributed by atoms with Crippen molar-refractivity contribution in [1.29, 1.82) is 0 Å². The Morgan fingerprint density at radius 3 is 3.12 bits per heavy atom. The van der Waals surface area contributed by atoms with E-state index in [-0.39, 0.29) is 23.9 Å². The van der Waals surface area contributed by atoms with Crippen LogP contribution in [0.3, 0.4) is 0 Å². The molecular weight excluding hydrogens is 230 g/mol. The molecule has 0 aliphatic carbocycles. The van der Waals surface area contributed by atoms with E-state index in [9.17, 15) is 4.79 Å². The maximum absolute atomic E-state index is 11.6. The molecule has 1 saturated heterocycles. The third-order valence-electron chi connectivity index (χ3n) is 2.84. The van der Waals surface area contributed by atoms with Crippen molar-refractivity contribution in [3.63, 3.8) is 0 Å². The molecule has 0 radical (unpaired) electrons. The molecule has 1 atom stereocenters. The lowest BCUT2D eigenvalue weighted by Gasteiger charge is -2.18. The Hall–Kier alpha value is -0.810. The molecule has 2 rings (SSSR count). The van der Waals surface area contributed by atoms with Gasteiger partial charge in [0.15, 0.2) is 5.60 Å². The van der Waals surface area contributed by atoms with Crippen LogP contribution in [0.1, 0.15) is 26.2 Å². The van der Waals surface area contributed by atoms with Gasteiger partial charge in [-0.1, -0.05) is 12.1 Å². The predicted molar refractivity (Wildman–Crippen MR) is 63.9 cm³/mol. The first-order valence-electron chi connectivity index (χ1n) is 5.50. The van der Waals surface area contributed by atoms with Crippen molar-refractivity contribution in [2.45, 2.75) is 31.8 Å². The van der Waals surface area contributed by atoms with E-state index < -0.39 is 0 Å². The minimum Gasteiger partial charge on any atom is -0.387 e. The van der Waals surface area contributed by atoms with Crippen molar-refractivity contribution in [1.82, 2.24) is 10.6 Å². The average Bonchev–Trinajstić information content (AvgIpc) is 2.86. The molecule has 0 aromatic heterocycles. The minimum absolute atomic E-state index is 0. The molecule has 6 heteroatoms. The first kappa shape index (κ1) is 13.3. The molecule has 2 aliphatic rings. The van der Waals surface area contributed by atoms with Gasteiger partial charge < -0.3 is 15.5 Å². The standard InChI is InChI=1S/C10H17N3O2.ClH/c1-2-4-12-9(14)8-6-10(15-13-8)3-5-11-7-10;/h11H,2-7H2,1H3,(H,12,14);1H. The largest absolute Gasteiger partial charge is 0.387 e. The number of nitrogens with zero attached hydrogens (tertiary/aromatic N) is 1. The predicted octanol–water partition coefficient (Wildman–Crippen LogP) is 0.443. The van der Waals surface area contributed by atoms with E-state index in [1.165, 1.54) is 0 Å². The summed E-state index contributed by atoms with van der Waals surface area (Å²) < 4.78 is 0. The smallest absolute Gasteiger partial charge is 0.269 e. The summed E-state index contributed by atoms with van der Waals surface area (Å²) in [6.45, 7) is 4.46. The van der Waals surface area contributed by atoms with Gasteiger partial charge in [-0.15, -0.1) is 12.4 Å². The van der Waals surface area contributed by atoms with Gasteiger partial charge in [0.05, 0.1) is 0 Å². The van der Waals surface area contributed by atoms with E-state index >= 15 is 0 Å². The third kappa shape index (κ3) is 2.65. The van der Waals surface area contributed by atoms with Crippen molar-refractivity contribution in [3.05, 3.63) is 0 Å². The summed E-state index contributed by atoms with van der Waals surface area (Å²) in [6.07, 6.45) is 2.50. The highest BCUT2D eigenvalue weighted by atomic mass is 35.5. The first-order chi connectivity index (χ1) is 7.26. The summed E-state index contributed by atoms with van der Waals surface area (Å²) in [4.78, 5) is 17.0. The molecule has 2 aliphatic heterocycles. The number of carbonyl (C=O) groups is 1. The zero-order valence-corrected chi connectivity index (χ0v) is 10.2. The SMILES string of the molecule is CCCNC(=O)C1=NOC2(CCNC2)C1.Cl. The van der Waals surface area contributed by atoms with Gasteiger partial charge in [-0.3, -0.25) is 4.79 Å². The molecule has 0 aromatic rings. The van der Waals surface area contributed by atoms with Gasteiger partial charge in [-0.2, -0.15) is 0 Å². The number of hydrogen-bond acceptors (Lipinski definition) is 4. The van der Waals surface area contributed by atoms with Crippen LogP contribution in [0, 0.1) is 0 Å². The van der Waals surface area contributed by atoms with Crippen LogP contribution in [0.4, 0.5) is 0 Å². The van der Waals surface area contributed by atoms with Crippen LogP contribution in [0.2, 0.25) is 0 Å². The van der Waals surface area contributed by atoms with Crippen LogP contribution in [0.5, 0.6) is 0 Å². The lowest BCUT2D eigenvalue weighted by molar-refractivity contribution is -0.114. The van der Waals surface area contributed by atoms with Crippen LogP contribution in [0.15, 0.2) is 5.16 Å². The second kappa shape index (κ2) is 5.50. The van der Waals surface area contributed by atoms with Crippen molar-refractivity contribution in [2.24, 2.45) is 5.16 Å². The number of nitrogens with one attached hydrogen (secondary N) is 2. The highest BCUT2D eigenvalue weighted by molar-refractivity contribution is 6.39. The van der Waals surface area contributed by atoms with E-state index in [0.29, 0.717) is 18.7 Å². The fourth-order valence-corrected chi connectivity index (χ4v) is 1.93. The van der Waals surface area contributed by atoms with E-state index in [1.54, 1.807) is 0 Å².